The van der Waals surface area contributed by atoms with E-state index in [4.69, 9.17) is 0 Å². The lowest BCUT2D eigenvalue weighted by atomic mass is 10.1. The molecule has 0 atom stereocenters. The van der Waals surface area contributed by atoms with Gasteiger partial charge in [-0.1, -0.05) is 18.7 Å². The summed E-state index contributed by atoms with van der Waals surface area (Å²) in [6, 6.07) is 10.9. The summed E-state index contributed by atoms with van der Waals surface area (Å²) in [6.45, 7) is 5.26. The third-order valence-corrected chi connectivity index (χ3v) is 4.08. The van der Waals surface area contributed by atoms with E-state index in [-0.39, 0.29) is 11.7 Å². The number of amides is 1. The molecule has 2 N–H and O–H groups in total. The van der Waals surface area contributed by atoms with Gasteiger partial charge in [-0.25, -0.2) is 0 Å². The fraction of sp³-hybridized carbons (Fsp3) is 0.211. The highest BCUT2D eigenvalue weighted by Gasteiger charge is 2.14. The van der Waals surface area contributed by atoms with E-state index in [0.29, 0.717) is 11.3 Å². The minimum absolute atomic E-state index is 0.0764. The number of phenolic OH excluding ortho intramolecular Hbond substituents is 1. The van der Waals surface area contributed by atoms with E-state index in [1.165, 1.54) is 6.08 Å². The minimum atomic E-state index is 0.0764. The highest BCUT2D eigenvalue weighted by atomic mass is 16.3. The molecule has 4 rings (SSSR count). The second-order valence-corrected chi connectivity index (χ2v) is 5.76. The fourth-order valence-electron chi connectivity index (χ4n) is 2.74. The predicted octanol–water partition coefficient (Wildman–Crippen LogP) is 3.13. The van der Waals surface area contributed by atoms with Gasteiger partial charge in [0, 0.05) is 30.2 Å². The molecule has 3 aromatic rings. The van der Waals surface area contributed by atoms with Gasteiger partial charge in [0.1, 0.15) is 5.75 Å². The predicted molar refractivity (Wildman–Crippen MR) is 97.0 cm³/mol. The second-order valence-electron chi connectivity index (χ2n) is 5.76. The molecule has 1 aliphatic heterocycles. The number of rotatable bonds is 2. The molecule has 25 heavy (non-hydrogen) atoms. The molecular weight excluding hydrogens is 316 g/mol. The van der Waals surface area contributed by atoms with Gasteiger partial charge in [0.15, 0.2) is 5.65 Å². The number of nitrogens with zero attached hydrogens (tertiary/aromatic N) is 3. The smallest absolute Gasteiger partial charge is 0.245 e. The summed E-state index contributed by atoms with van der Waals surface area (Å²) in [4.78, 5) is 15.6. The Kier molecular flexibility index (Phi) is 5.09. The van der Waals surface area contributed by atoms with Crippen LogP contribution < -0.4 is 0 Å². The number of aromatic amines is 1. The Morgan fingerprint density at radius 3 is 2.68 bits per heavy atom. The summed E-state index contributed by atoms with van der Waals surface area (Å²) in [5.41, 5.74) is 2.11. The molecule has 1 amide bonds. The van der Waals surface area contributed by atoms with E-state index >= 15 is 0 Å². The molecule has 0 bridgehead atoms. The van der Waals surface area contributed by atoms with Crippen molar-refractivity contribution in [1.82, 2.24) is 20.1 Å². The Bertz CT molecular complexity index is 882. The molecule has 3 heterocycles. The van der Waals surface area contributed by atoms with E-state index < -0.39 is 0 Å². The monoisotopic (exact) mass is 336 g/mol. The Morgan fingerprint density at radius 1 is 1.20 bits per heavy atom. The van der Waals surface area contributed by atoms with Gasteiger partial charge < -0.3 is 15.0 Å². The SMILES string of the molecule is C=CC(=O)N1CCCC1.Oc1ccccc1-c1cc2cc[nH]c2nn1. The molecule has 1 fully saturated rings. The number of carbonyl (C=O) groups excluding carboxylic acids is 1. The lowest BCUT2D eigenvalue weighted by Crippen LogP contribution is -2.25. The van der Waals surface area contributed by atoms with Crippen molar-refractivity contribution in [2.75, 3.05) is 13.1 Å². The molecule has 128 valence electrons. The molecule has 0 saturated carbocycles. The van der Waals surface area contributed by atoms with Crippen molar-refractivity contribution in [2.45, 2.75) is 12.8 Å². The van der Waals surface area contributed by atoms with Crippen LogP contribution in [0.2, 0.25) is 0 Å². The largest absolute Gasteiger partial charge is 0.507 e. The number of hydrogen-bond donors (Lipinski definition) is 2. The Labute approximate surface area is 145 Å². The number of likely N-dealkylation sites (tertiary alicyclic amines) is 1. The van der Waals surface area contributed by atoms with Crippen molar-refractivity contribution in [3.8, 4) is 17.0 Å². The van der Waals surface area contributed by atoms with Crippen molar-refractivity contribution in [3.63, 3.8) is 0 Å². The summed E-state index contributed by atoms with van der Waals surface area (Å²) in [5, 5.41) is 18.8. The zero-order valence-electron chi connectivity index (χ0n) is 13.9. The molecule has 1 aromatic carbocycles. The number of fused-ring (bicyclic) bond motifs is 1. The van der Waals surface area contributed by atoms with E-state index in [1.807, 2.05) is 35.4 Å². The van der Waals surface area contributed by atoms with Crippen LogP contribution >= 0.6 is 0 Å². The first kappa shape index (κ1) is 16.7. The normalized spacial score (nSPS) is 13.4. The molecule has 2 aromatic heterocycles. The maximum Gasteiger partial charge on any atom is 0.245 e. The third-order valence-electron chi connectivity index (χ3n) is 4.08. The summed E-state index contributed by atoms with van der Waals surface area (Å²) in [5.74, 6) is 0.291. The first-order valence-corrected chi connectivity index (χ1v) is 8.19. The molecule has 0 radical (unpaired) electrons. The number of benzene rings is 1. The average molecular weight is 336 g/mol. The summed E-state index contributed by atoms with van der Waals surface area (Å²) < 4.78 is 0. The maximum atomic E-state index is 10.8. The van der Waals surface area contributed by atoms with Crippen LogP contribution in [-0.4, -0.2) is 44.2 Å². The average Bonchev–Trinajstić information content (AvgIpc) is 3.33. The molecule has 6 heteroatoms. The highest BCUT2D eigenvalue weighted by molar-refractivity contribution is 5.87. The van der Waals surface area contributed by atoms with Crippen LogP contribution in [0.4, 0.5) is 0 Å². The molecule has 0 spiro atoms. The van der Waals surface area contributed by atoms with Crippen LogP contribution in [0.3, 0.4) is 0 Å². The van der Waals surface area contributed by atoms with Crippen molar-refractivity contribution >= 4 is 16.9 Å². The number of carbonyl (C=O) groups is 1. The number of H-pyrrole nitrogens is 1. The zero-order valence-corrected chi connectivity index (χ0v) is 13.9. The molecule has 0 aliphatic carbocycles. The number of hydrogen-bond acceptors (Lipinski definition) is 4. The van der Waals surface area contributed by atoms with Gasteiger partial charge in [-0.05, 0) is 43.2 Å². The zero-order chi connectivity index (χ0) is 17.6. The standard InChI is InChI=1S/C12H9N3O.C7H11NO/c16-11-4-2-1-3-9(11)10-7-8-5-6-13-12(8)15-14-10;1-2-7(9)8-5-3-4-6-8/h1-7,16H,(H,13,15);2H,1,3-6H2. The van der Waals surface area contributed by atoms with Gasteiger partial charge in [0.2, 0.25) is 5.91 Å². The van der Waals surface area contributed by atoms with Crippen LogP contribution in [-0.2, 0) is 4.79 Å². The number of nitrogens with one attached hydrogen (secondary N) is 1. The van der Waals surface area contributed by atoms with Gasteiger partial charge in [0.25, 0.3) is 0 Å². The first-order valence-electron chi connectivity index (χ1n) is 8.19. The summed E-state index contributed by atoms with van der Waals surface area (Å²) >= 11 is 0. The Hall–Kier alpha value is -3.15. The van der Waals surface area contributed by atoms with Gasteiger partial charge in [0.05, 0.1) is 5.69 Å². The number of aromatic nitrogens is 3. The van der Waals surface area contributed by atoms with Crippen molar-refractivity contribution in [3.05, 3.63) is 55.3 Å². The van der Waals surface area contributed by atoms with Crippen molar-refractivity contribution in [2.24, 2.45) is 0 Å². The summed E-state index contributed by atoms with van der Waals surface area (Å²) in [7, 11) is 0. The molecular formula is C19H20N4O2. The minimum Gasteiger partial charge on any atom is -0.507 e. The molecule has 1 aliphatic rings. The third kappa shape index (κ3) is 3.85. The highest BCUT2D eigenvalue weighted by Crippen LogP contribution is 2.27. The van der Waals surface area contributed by atoms with Gasteiger partial charge >= 0.3 is 0 Å². The Morgan fingerprint density at radius 2 is 1.96 bits per heavy atom. The van der Waals surface area contributed by atoms with Gasteiger partial charge in [-0.2, -0.15) is 0 Å². The lowest BCUT2D eigenvalue weighted by Gasteiger charge is -2.10. The Balaban J connectivity index is 0.000000173. The molecule has 6 nitrogen and oxygen atoms in total. The number of aromatic hydroxyl groups is 1. The van der Waals surface area contributed by atoms with Crippen LogP contribution in [0.25, 0.3) is 22.3 Å². The maximum absolute atomic E-state index is 10.8. The first-order chi connectivity index (χ1) is 12.2. The lowest BCUT2D eigenvalue weighted by molar-refractivity contribution is -0.124. The molecule has 0 unspecified atom stereocenters. The fourth-order valence-corrected chi connectivity index (χ4v) is 2.74. The van der Waals surface area contributed by atoms with E-state index in [0.717, 1.165) is 37.0 Å². The summed E-state index contributed by atoms with van der Waals surface area (Å²) in [6.07, 6.45) is 5.50. The van der Waals surface area contributed by atoms with Gasteiger partial charge in [-0.3, -0.25) is 4.79 Å². The van der Waals surface area contributed by atoms with Gasteiger partial charge in [-0.15, -0.1) is 10.2 Å². The second kappa shape index (κ2) is 7.61. The number of para-hydroxylation sites is 1. The van der Waals surface area contributed by atoms with E-state index in [9.17, 15) is 9.90 Å². The number of phenols is 1. The van der Waals surface area contributed by atoms with Crippen LogP contribution in [0, 0.1) is 0 Å². The van der Waals surface area contributed by atoms with Crippen molar-refractivity contribution in [1.29, 1.82) is 0 Å². The quantitative estimate of drug-likeness (QED) is 0.705. The topological polar surface area (TPSA) is 82.1 Å². The van der Waals surface area contributed by atoms with Crippen LogP contribution in [0.1, 0.15) is 12.8 Å². The van der Waals surface area contributed by atoms with Crippen LogP contribution in [0.15, 0.2) is 55.3 Å². The van der Waals surface area contributed by atoms with E-state index in [1.54, 1.807) is 12.1 Å². The van der Waals surface area contributed by atoms with Crippen LogP contribution in [0.5, 0.6) is 5.75 Å². The molecule has 1 saturated heterocycles. The van der Waals surface area contributed by atoms with Crippen molar-refractivity contribution < 1.29 is 9.90 Å². The van der Waals surface area contributed by atoms with E-state index in [2.05, 4.69) is 21.8 Å².